The number of carbonyl (C=O) groups excluding carboxylic acids is 1. The van der Waals surface area contributed by atoms with Crippen molar-refractivity contribution in [3.63, 3.8) is 0 Å². The highest BCUT2D eigenvalue weighted by atomic mass is 32.2. The largest absolute Gasteiger partial charge is 0.310 e. The lowest BCUT2D eigenvalue weighted by Gasteiger charge is -2.24. The zero-order chi connectivity index (χ0) is 15.8. The summed E-state index contributed by atoms with van der Waals surface area (Å²) in [6.07, 6.45) is 3.59. The van der Waals surface area contributed by atoms with Crippen LogP contribution >= 0.6 is 11.8 Å². The normalized spacial score (nSPS) is 11.5. The fraction of sp³-hybridized carbons (Fsp3) is 0.250. The third-order valence-electron chi connectivity index (χ3n) is 2.95. The lowest BCUT2D eigenvalue weighted by Crippen LogP contribution is -2.37. The van der Waals surface area contributed by atoms with Gasteiger partial charge in [0, 0.05) is 24.6 Å². The van der Waals surface area contributed by atoms with E-state index in [1.165, 1.54) is 11.8 Å². The molecule has 0 saturated carbocycles. The van der Waals surface area contributed by atoms with Crippen molar-refractivity contribution < 1.29 is 4.79 Å². The first-order chi connectivity index (χ1) is 10.7. The summed E-state index contributed by atoms with van der Waals surface area (Å²) < 4.78 is 0. The van der Waals surface area contributed by atoms with Crippen LogP contribution in [0.25, 0.3) is 0 Å². The van der Waals surface area contributed by atoms with E-state index in [0.717, 1.165) is 5.69 Å². The predicted molar refractivity (Wildman–Crippen MR) is 86.4 cm³/mol. The van der Waals surface area contributed by atoms with Crippen molar-refractivity contribution in [2.24, 2.45) is 0 Å². The Hall–Kier alpha value is -2.39. The Labute approximate surface area is 134 Å². The van der Waals surface area contributed by atoms with Crippen LogP contribution in [0, 0.1) is 11.3 Å². The maximum absolute atomic E-state index is 12.7. The van der Waals surface area contributed by atoms with Gasteiger partial charge in [0.15, 0.2) is 5.16 Å². The van der Waals surface area contributed by atoms with E-state index in [4.69, 9.17) is 5.26 Å². The van der Waals surface area contributed by atoms with Crippen LogP contribution in [-0.4, -0.2) is 27.7 Å². The standard InChI is InChI=1S/C16H16N4OS/c1-13(22-16-18-10-6-11-19-16)15(21)20(12-5-9-17)14-7-3-2-4-8-14/h2-4,6-8,10-11,13H,5,12H2,1H3. The molecule has 0 aliphatic carbocycles. The highest BCUT2D eigenvalue weighted by Gasteiger charge is 2.23. The number of benzene rings is 1. The summed E-state index contributed by atoms with van der Waals surface area (Å²) >= 11 is 1.31. The van der Waals surface area contributed by atoms with Crippen molar-refractivity contribution in [1.82, 2.24) is 9.97 Å². The lowest BCUT2D eigenvalue weighted by molar-refractivity contribution is -0.117. The minimum Gasteiger partial charge on any atom is -0.310 e. The molecule has 2 aromatic rings. The first-order valence-electron chi connectivity index (χ1n) is 6.89. The quantitative estimate of drug-likeness (QED) is 0.606. The summed E-state index contributed by atoms with van der Waals surface area (Å²) in [5, 5.41) is 9.04. The maximum Gasteiger partial charge on any atom is 0.240 e. The fourth-order valence-corrected chi connectivity index (χ4v) is 2.70. The van der Waals surface area contributed by atoms with Gasteiger partial charge < -0.3 is 4.90 Å². The van der Waals surface area contributed by atoms with Crippen LogP contribution in [0.4, 0.5) is 5.69 Å². The van der Waals surface area contributed by atoms with Crippen molar-refractivity contribution in [2.75, 3.05) is 11.4 Å². The molecule has 1 amide bonds. The summed E-state index contributed by atoms with van der Waals surface area (Å²) in [6, 6.07) is 13.2. The van der Waals surface area contributed by atoms with Crippen LogP contribution in [-0.2, 0) is 4.79 Å². The van der Waals surface area contributed by atoms with E-state index in [0.29, 0.717) is 18.1 Å². The van der Waals surface area contributed by atoms with Gasteiger partial charge >= 0.3 is 0 Å². The molecule has 1 heterocycles. The van der Waals surface area contributed by atoms with E-state index in [9.17, 15) is 4.79 Å². The number of thioether (sulfide) groups is 1. The zero-order valence-electron chi connectivity index (χ0n) is 12.2. The number of rotatable bonds is 6. The van der Waals surface area contributed by atoms with Gasteiger partial charge in [-0.25, -0.2) is 9.97 Å². The van der Waals surface area contributed by atoms with Gasteiger partial charge in [0.1, 0.15) is 0 Å². The number of nitrogens with zero attached hydrogens (tertiary/aromatic N) is 4. The summed E-state index contributed by atoms with van der Waals surface area (Å²) in [6.45, 7) is 2.20. The van der Waals surface area contributed by atoms with Crippen LogP contribution in [0.3, 0.4) is 0 Å². The molecule has 0 aliphatic heterocycles. The molecule has 1 aromatic carbocycles. The van der Waals surface area contributed by atoms with E-state index in [1.807, 2.05) is 37.3 Å². The van der Waals surface area contributed by atoms with Crippen LogP contribution in [0.15, 0.2) is 53.9 Å². The number of anilines is 1. The molecule has 0 N–H and O–H groups in total. The summed E-state index contributed by atoms with van der Waals surface area (Å²) in [5.74, 6) is -0.0566. The van der Waals surface area contributed by atoms with Gasteiger partial charge in [0.25, 0.3) is 0 Å². The van der Waals surface area contributed by atoms with Gasteiger partial charge in [0.05, 0.1) is 17.7 Å². The second-order valence-corrected chi connectivity index (χ2v) is 5.83. The maximum atomic E-state index is 12.7. The Morgan fingerprint density at radius 2 is 1.95 bits per heavy atom. The predicted octanol–water partition coefficient (Wildman–Crippen LogP) is 2.90. The molecule has 1 atom stereocenters. The number of aromatic nitrogens is 2. The molecule has 0 bridgehead atoms. The number of nitriles is 1. The zero-order valence-corrected chi connectivity index (χ0v) is 13.0. The molecule has 0 radical (unpaired) electrons. The average Bonchev–Trinajstić information content (AvgIpc) is 2.57. The summed E-state index contributed by atoms with van der Waals surface area (Å²) in [4.78, 5) is 22.6. The van der Waals surface area contributed by atoms with Crippen molar-refractivity contribution in [1.29, 1.82) is 5.26 Å². The number of hydrogen-bond donors (Lipinski definition) is 0. The van der Waals surface area contributed by atoms with Gasteiger partial charge in [-0.2, -0.15) is 5.26 Å². The molecule has 2 rings (SSSR count). The molecule has 5 nitrogen and oxygen atoms in total. The first kappa shape index (κ1) is 16.0. The van der Waals surface area contributed by atoms with Gasteiger partial charge in [-0.1, -0.05) is 30.0 Å². The van der Waals surface area contributed by atoms with Crippen LogP contribution in [0.2, 0.25) is 0 Å². The lowest BCUT2D eigenvalue weighted by atomic mass is 10.2. The molecule has 0 fully saturated rings. The Morgan fingerprint density at radius 3 is 2.59 bits per heavy atom. The van der Waals surface area contributed by atoms with Crippen LogP contribution < -0.4 is 4.90 Å². The minimum absolute atomic E-state index is 0.0566. The van der Waals surface area contributed by atoms with Crippen LogP contribution in [0.1, 0.15) is 13.3 Å². The number of hydrogen-bond acceptors (Lipinski definition) is 5. The van der Waals surface area contributed by atoms with E-state index in [-0.39, 0.29) is 11.2 Å². The van der Waals surface area contributed by atoms with Crippen molar-refractivity contribution in [3.05, 3.63) is 48.8 Å². The summed E-state index contributed by atoms with van der Waals surface area (Å²) in [5.41, 5.74) is 0.796. The summed E-state index contributed by atoms with van der Waals surface area (Å²) in [7, 11) is 0. The average molecular weight is 312 g/mol. The Morgan fingerprint density at radius 1 is 1.27 bits per heavy atom. The van der Waals surface area contributed by atoms with Crippen molar-refractivity contribution in [2.45, 2.75) is 23.8 Å². The third kappa shape index (κ3) is 4.30. The smallest absolute Gasteiger partial charge is 0.240 e. The second-order valence-electron chi connectivity index (χ2n) is 4.52. The molecule has 112 valence electrons. The van der Waals surface area contributed by atoms with E-state index < -0.39 is 0 Å². The monoisotopic (exact) mass is 312 g/mol. The highest BCUT2D eigenvalue weighted by molar-refractivity contribution is 8.00. The Balaban J connectivity index is 2.13. The SMILES string of the molecule is CC(Sc1ncccn1)C(=O)N(CCC#N)c1ccccc1. The topological polar surface area (TPSA) is 69.9 Å². The molecular formula is C16H16N4OS. The molecule has 1 aromatic heterocycles. The highest BCUT2D eigenvalue weighted by Crippen LogP contribution is 2.23. The van der Waals surface area contributed by atoms with Crippen molar-refractivity contribution in [3.8, 4) is 6.07 Å². The minimum atomic E-state index is -0.332. The van der Waals surface area contributed by atoms with E-state index >= 15 is 0 Å². The number of amides is 1. The molecule has 0 spiro atoms. The van der Waals surface area contributed by atoms with Crippen LogP contribution in [0.5, 0.6) is 0 Å². The fourth-order valence-electron chi connectivity index (χ4n) is 1.91. The number of para-hydroxylation sites is 1. The van der Waals surface area contributed by atoms with Gasteiger partial charge in [-0.3, -0.25) is 4.79 Å². The molecule has 0 saturated heterocycles. The first-order valence-corrected chi connectivity index (χ1v) is 7.77. The van der Waals surface area contributed by atoms with E-state index in [2.05, 4.69) is 16.0 Å². The Bertz CT molecular complexity index is 642. The molecule has 1 unspecified atom stereocenters. The Kier molecular flexibility index (Phi) is 5.92. The molecule has 0 aliphatic rings. The van der Waals surface area contributed by atoms with Gasteiger partial charge in [-0.15, -0.1) is 0 Å². The molecule has 6 heteroatoms. The van der Waals surface area contributed by atoms with Gasteiger partial charge in [-0.05, 0) is 25.1 Å². The second kappa shape index (κ2) is 8.15. The molecular weight excluding hydrogens is 296 g/mol. The third-order valence-corrected chi connectivity index (χ3v) is 3.93. The molecule has 22 heavy (non-hydrogen) atoms. The van der Waals surface area contributed by atoms with Gasteiger partial charge in [0.2, 0.25) is 5.91 Å². The number of carbonyl (C=O) groups is 1. The van der Waals surface area contributed by atoms with Crippen molar-refractivity contribution >= 4 is 23.4 Å². The van der Waals surface area contributed by atoms with E-state index in [1.54, 1.807) is 23.4 Å².